The van der Waals surface area contributed by atoms with Crippen LogP contribution < -0.4 is 5.73 Å². The third kappa shape index (κ3) is 1.36. The van der Waals surface area contributed by atoms with Crippen molar-refractivity contribution in [2.75, 3.05) is 0 Å². The van der Waals surface area contributed by atoms with E-state index in [0.29, 0.717) is 17.9 Å². The molecule has 2 rings (SSSR count). The van der Waals surface area contributed by atoms with Crippen LogP contribution in [0.25, 0.3) is 0 Å². The van der Waals surface area contributed by atoms with Gasteiger partial charge in [0.1, 0.15) is 0 Å². The van der Waals surface area contributed by atoms with Gasteiger partial charge in [-0.2, -0.15) is 0 Å². The van der Waals surface area contributed by atoms with Crippen LogP contribution in [-0.2, 0) is 0 Å². The van der Waals surface area contributed by atoms with Crippen LogP contribution in [0.4, 0.5) is 0 Å². The Bertz CT molecular complexity index is 343. The fraction of sp³-hybridized carbons (Fsp3) is 0.538. The lowest BCUT2D eigenvalue weighted by molar-refractivity contribution is 0.226. The summed E-state index contributed by atoms with van der Waals surface area (Å²) in [6.07, 6.45) is 1.16. The molecule has 0 spiro atoms. The molecule has 0 saturated heterocycles. The van der Waals surface area contributed by atoms with Crippen LogP contribution >= 0.6 is 0 Å². The third-order valence-corrected chi connectivity index (χ3v) is 3.88. The molecule has 0 bridgehead atoms. The molecule has 1 aliphatic rings. The summed E-state index contributed by atoms with van der Waals surface area (Å²) < 4.78 is 0. The van der Waals surface area contributed by atoms with E-state index in [1.165, 1.54) is 16.7 Å². The standard InChI is InChI=1S/C13H19N/c1-8-5-4-6-11(9(8)2)12-7-13(14)10(12)3/h4-6,10,12-13H,7,14H2,1-3H3. The molecule has 0 amide bonds. The zero-order valence-corrected chi connectivity index (χ0v) is 9.25. The van der Waals surface area contributed by atoms with Crippen LogP contribution in [0, 0.1) is 19.8 Å². The lowest BCUT2D eigenvalue weighted by atomic mass is 9.66. The highest BCUT2D eigenvalue weighted by atomic mass is 14.7. The van der Waals surface area contributed by atoms with Crippen molar-refractivity contribution in [1.29, 1.82) is 0 Å². The van der Waals surface area contributed by atoms with Gasteiger partial charge >= 0.3 is 0 Å². The summed E-state index contributed by atoms with van der Waals surface area (Å²) in [5.41, 5.74) is 10.3. The molecule has 1 saturated carbocycles. The number of nitrogens with two attached hydrogens (primary N) is 1. The van der Waals surface area contributed by atoms with Crippen LogP contribution in [0.1, 0.15) is 36.0 Å². The molecular weight excluding hydrogens is 170 g/mol. The van der Waals surface area contributed by atoms with Crippen molar-refractivity contribution in [3.05, 3.63) is 34.9 Å². The van der Waals surface area contributed by atoms with Gasteiger partial charge in [-0.25, -0.2) is 0 Å². The molecule has 1 aromatic rings. The molecule has 0 radical (unpaired) electrons. The van der Waals surface area contributed by atoms with Crippen molar-refractivity contribution in [3.63, 3.8) is 0 Å². The molecule has 1 nitrogen and oxygen atoms in total. The van der Waals surface area contributed by atoms with Crippen molar-refractivity contribution >= 4 is 0 Å². The minimum Gasteiger partial charge on any atom is -0.327 e. The number of hydrogen-bond donors (Lipinski definition) is 1. The van der Waals surface area contributed by atoms with E-state index in [0.717, 1.165) is 6.42 Å². The summed E-state index contributed by atoms with van der Waals surface area (Å²) in [5, 5.41) is 0. The van der Waals surface area contributed by atoms with Gasteiger partial charge in [0.2, 0.25) is 0 Å². The maximum Gasteiger partial charge on any atom is 0.00763 e. The van der Waals surface area contributed by atoms with Crippen LogP contribution in [0.15, 0.2) is 18.2 Å². The summed E-state index contributed by atoms with van der Waals surface area (Å²) in [7, 11) is 0. The van der Waals surface area contributed by atoms with Gasteiger partial charge in [-0.3, -0.25) is 0 Å². The molecule has 0 aromatic heterocycles. The Kier molecular flexibility index (Phi) is 2.36. The summed E-state index contributed by atoms with van der Waals surface area (Å²) in [5.74, 6) is 1.35. The molecule has 1 fully saturated rings. The Morgan fingerprint density at radius 3 is 2.57 bits per heavy atom. The van der Waals surface area contributed by atoms with Crippen molar-refractivity contribution in [2.24, 2.45) is 11.7 Å². The molecule has 2 N–H and O–H groups in total. The normalized spacial score (nSPS) is 31.3. The first kappa shape index (κ1) is 9.72. The van der Waals surface area contributed by atoms with Gasteiger partial charge in [0.05, 0.1) is 0 Å². The van der Waals surface area contributed by atoms with E-state index in [1.807, 2.05) is 0 Å². The first-order valence-electron chi connectivity index (χ1n) is 5.43. The van der Waals surface area contributed by atoms with Crippen molar-refractivity contribution in [2.45, 2.75) is 39.2 Å². The fourth-order valence-corrected chi connectivity index (χ4v) is 2.41. The minimum absolute atomic E-state index is 0.417. The predicted octanol–water partition coefficient (Wildman–Crippen LogP) is 2.75. The number of aryl methyl sites for hydroxylation is 1. The van der Waals surface area contributed by atoms with E-state index in [2.05, 4.69) is 39.0 Å². The molecule has 14 heavy (non-hydrogen) atoms. The monoisotopic (exact) mass is 189 g/mol. The SMILES string of the molecule is Cc1cccc(C2CC(N)C2C)c1C. The van der Waals surface area contributed by atoms with Gasteiger partial charge < -0.3 is 5.73 Å². The highest BCUT2D eigenvalue weighted by molar-refractivity contribution is 5.37. The molecule has 1 aliphatic carbocycles. The molecular formula is C13H19N. The Labute approximate surface area is 86.3 Å². The molecule has 3 atom stereocenters. The average molecular weight is 189 g/mol. The Morgan fingerprint density at radius 1 is 1.29 bits per heavy atom. The van der Waals surface area contributed by atoms with Gasteiger partial charge in [0, 0.05) is 6.04 Å². The van der Waals surface area contributed by atoms with E-state index in [1.54, 1.807) is 0 Å². The van der Waals surface area contributed by atoms with E-state index >= 15 is 0 Å². The van der Waals surface area contributed by atoms with E-state index in [9.17, 15) is 0 Å². The van der Waals surface area contributed by atoms with Crippen molar-refractivity contribution < 1.29 is 0 Å². The number of benzene rings is 1. The van der Waals surface area contributed by atoms with E-state index in [4.69, 9.17) is 5.73 Å². The zero-order chi connectivity index (χ0) is 10.3. The topological polar surface area (TPSA) is 26.0 Å². The quantitative estimate of drug-likeness (QED) is 0.722. The average Bonchev–Trinajstić information content (AvgIpc) is 2.19. The summed E-state index contributed by atoms with van der Waals surface area (Å²) in [4.78, 5) is 0. The molecule has 3 unspecified atom stereocenters. The zero-order valence-electron chi connectivity index (χ0n) is 9.25. The summed E-state index contributed by atoms with van der Waals surface area (Å²) in [6, 6.07) is 7.02. The third-order valence-electron chi connectivity index (χ3n) is 3.88. The minimum atomic E-state index is 0.417. The smallest absolute Gasteiger partial charge is 0.00763 e. The van der Waals surface area contributed by atoms with Crippen LogP contribution in [0.2, 0.25) is 0 Å². The first-order chi connectivity index (χ1) is 6.61. The molecule has 1 heteroatoms. The van der Waals surface area contributed by atoms with Crippen LogP contribution in [-0.4, -0.2) is 6.04 Å². The molecule has 0 heterocycles. The highest BCUT2D eigenvalue weighted by Crippen LogP contribution is 2.42. The number of rotatable bonds is 1. The Balaban J connectivity index is 2.29. The fourth-order valence-electron chi connectivity index (χ4n) is 2.41. The predicted molar refractivity (Wildman–Crippen MR) is 60.4 cm³/mol. The molecule has 1 aromatic carbocycles. The molecule has 76 valence electrons. The van der Waals surface area contributed by atoms with Gasteiger partial charge in [-0.1, -0.05) is 25.1 Å². The second-order valence-electron chi connectivity index (χ2n) is 4.65. The second kappa shape index (κ2) is 3.39. The Morgan fingerprint density at radius 2 is 2.00 bits per heavy atom. The largest absolute Gasteiger partial charge is 0.327 e. The first-order valence-corrected chi connectivity index (χ1v) is 5.43. The van der Waals surface area contributed by atoms with Crippen molar-refractivity contribution in [1.82, 2.24) is 0 Å². The van der Waals surface area contributed by atoms with Crippen LogP contribution in [0.3, 0.4) is 0 Å². The van der Waals surface area contributed by atoms with Crippen molar-refractivity contribution in [3.8, 4) is 0 Å². The van der Waals surface area contributed by atoms with Gasteiger partial charge in [-0.15, -0.1) is 0 Å². The summed E-state index contributed by atoms with van der Waals surface area (Å²) >= 11 is 0. The van der Waals surface area contributed by atoms with Crippen LogP contribution in [0.5, 0.6) is 0 Å². The van der Waals surface area contributed by atoms with Gasteiger partial charge in [-0.05, 0) is 48.8 Å². The highest BCUT2D eigenvalue weighted by Gasteiger charge is 2.36. The van der Waals surface area contributed by atoms with E-state index in [-0.39, 0.29) is 0 Å². The second-order valence-corrected chi connectivity index (χ2v) is 4.65. The lowest BCUT2D eigenvalue weighted by Crippen LogP contribution is -2.44. The van der Waals surface area contributed by atoms with Gasteiger partial charge in [0.15, 0.2) is 0 Å². The number of hydrogen-bond acceptors (Lipinski definition) is 1. The lowest BCUT2D eigenvalue weighted by Gasteiger charge is -2.41. The van der Waals surface area contributed by atoms with E-state index < -0.39 is 0 Å². The molecule has 0 aliphatic heterocycles. The maximum atomic E-state index is 5.94. The van der Waals surface area contributed by atoms with Gasteiger partial charge in [0.25, 0.3) is 0 Å². The Hall–Kier alpha value is -0.820. The summed E-state index contributed by atoms with van der Waals surface area (Å²) in [6.45, 7) is 6.67. The maximum absolute atomic E-state index is 5.94.